The van der Waals surface area contributed by atoms with E-state index < -0.39 is 0 Å². The molecule has 0 radical (unpaired) electrons. The zero-order valence-corrected chi connectivity index (χ0v) is 18.2. The van der Waals surface area contributed by atoms with Gasteiger partial charge in [-0.25, -0.2) is 0 Å². The maximum absolute atomic E-state index is 13.4. The molecule has 7 heteroatoms. The Balaban J connectivity index is 1.51. The molecule has 2 fully saturated rings. The Kier molecular flexibility index (Phi) is 6.02. The SMILES string of the molecule is COc1cccc(C2CCCN2C(=O)C2CC(=O)N(c3ccc(OC)c(OC)c3)C2)c1. The normalized spacial score (nSPS) is 20.8. The van der Waals surface area contributed by atoms with E-state index in [1.165, 1.54) is 0 Å². The van der Waals surface area contributed by atoms with Crippen molar-refractivity contribution < 1.29 is 23.8 Å². The maximum atomic E-state index is 13.4. The number of amides is 2. The van der Waals surface area contributed by atoms with Gasteiger partial charge in [0, 0.05) is 31.3 Å². The van der Waals surface area contributed by atoms with Crippen LogP contribution < -0.4 is 19.1 Å². The Bertz CT molecular complexity index is 976. The third-order valence-corrected chi connectivity index (χ3v) is 6.17. The molecule has 0 saturated carbocycles. The molecule has 0 spiro atoms. The first-order chi connectivity index (χ1) is 15.0. The van der Waals surface area contributed by atoms with E-state index >= 15 is 0 Å². The molecule has 0 N–H and O–H groups in total. The quantitative estimate of drug-likeness (QED) is 0.711. The van der Waals surface area contributed by atoms with E-state index in [4.69, 9.17) is 14.2 Å². The summed E-state index contributed by atoms with van der Waals surface area (Å²) in [5.41, 5.74) is 1.79. The smallest absolute Gasteiger partial charge is 0.228 e. The molecule has 0 aromatic heterocycles. The zero-order chi connectivity index (χ0) is 22.0. The number of carbonyl (C=O) groups is 2. The highest BCUT2D eigenvalue weighted by Crippen LogP contribution is 2.38. The lowest BCUT2D eigenvalue weighted by molar-refractivity contribution is -0.136. The summed E-state index contributed by atoms with van der Waals surface area (Å²) < 4.78 is 16.0. The third kappa shape index (κ3) is 4.04. The predicted molar refractivity (Wildman–Crippen MR) is 117 cm³/mol. The summed E-state index contributed by atoms with van der Waals surface area (Å²) in [6, 6.07) is 13.3. The van der Waals surface area contributed by atoms with Gasteiger partial charge in [0.05, 0.1) is 33.3 Å². The molecule has 2 saturated heterocycles. The number of benzene rings is 2. The summed E-state index contributed by atoms with van der Waals surface area (Å²) in [5, 5.41) is 0. The number of nitrogens with zero attached hydrogens (tertiary/aromatic N) is 2. The summed E-state index contributed by atoms with van der Waals surface area (Å²) in [6.45, 7) is 1.08. The second-order valence-corrected chi connectivity index (χ2v) is 7.91. The van der Waals surface area contributed by atoms with Gasteiger partial charge < -0.3 is 24.0 Å². The molecule has 2 aliphatic heterocycles. The largest absolute Gasteiger partial charge is 0.497 e. The summed E-state index contributed by atoms with van der Waals surface area (Å²) in [5.74, 6) is 1.58. The summed E-state index contributed by atoms with van der Waals surface area (Å²) in [6.07, 6.45) is 2.08. The van der Waals surface area contributed by atoms with E-state index in [9.17, 15) is 9.59 Å². The number of anilines is 1. The Hall–Kier alpha value is -3.22. The molecule has 2 aromatic rings. The van der Waals surface area contributed by atoms with Gasteiger partial charge in [-0.2, -0.15) is 0 Å². The molecule has 2 unspecified atom stereocenters. The van der Waals surface area contributed by atoms with Crippen LogP contribution in [0.2, 0.25) is 0 Å². The lowest BCUT2D eigenvalue weighted by atomic mass is 10.0. The Morgan fingerprint density at radius 3 is 2.55 bits per heavy atom. The standard InChI is InChI=1S/C24H28N2O5/c1-29-19-7-4-6-16(12-19)20-8-5-11-25(20)24(28)17-13-23(27)26(15-17)18-9-10-21(30-2)22(14-18)31-3/h4,6-7,9-10,12,14,17,20H,5,8,11,13,15H2,1-3H3. The molecular formula is C24H28N2O5. The highest BCUT2D eigenvalue weighted by molar-refractivity contribution is 6.00. The Morgan fingerprint density at radius 2 is 1.81 bits per heavy atom. The molecule has 164 valence electrons. The minimum atomic E-state index is -0.355. The molecule has 2 amide bonds. The van der Waals surface area contributed by atoms with Gasteiger partial charge in [-0.1, -0.05) is 12.1 Å². The van der Waals surface area contributed by atoms with Crippen LogP contribution in [0, 0.1) is 5.92 Å². The van der Waals surface area contributed by atoms with Crippen LogP contribution in [0.4, 0.5) is 5.69 Å². The molecule has 4 rings (SSSR count). The van der Waals surface area contributed by atoms with Gasteiger partial charge in [-0.15, -0.1) is 0 Å². The number of hydrogen-bond donors (Lipinski definition) is 0. The van der Waals surface area contributed by atoms with Gasteiger partial charge in [-0.05, 0) is 42.7 Å². The van der Waals surface area contributed by atoms with Crippen LogP contribution in [-0.4, -0.2) is 51.1 Å². The number of carbonyl (C=O) groups excluding carboxylic acids is 2. The van der Waals surface area contributed by atoms with E-state index in [-0.39, 0.29) is 30.2 Å². The van der Waals surface area contributed by atoms with Crippen LogP contribution in [-0.2, 0) is 9.59 Å². The Morgan fingerprint density at radius 1 is 1.00 bits per heavy atom. The minimum Gasteiger partial charge on any atom is -0.497 e. The van der Waals surface area contributed by atoms with Gasteiger partial charge in [0.25, 0.3) is 0 Å². The van der Waals surface area contributed by atoms with Crippen molar-refractivity contribution in [2.45, 2.75) is 25.3 Å². The van der Waals surface area contributed by atoms with Crippen LogP contribution >= 0.6 is 0 Å². The van der Waals surface area contributed by atoms with Crippen molar-refractivity contribution in [1.29, 1.82) is 0 Å². The van der Waals surface area contributed by atoms with E-state index in [1.807, 2.05) is 35.2 Å². The van der Waals surface area contributed by atoms with Crippen molar-refractivity contribution in [3.63, 3.8) is 0 Å². The lowest BCUT2D eigenvalue weighted by Gasteiger charge is -2.28. The summed E-state index contributed by atoms with van der Waals surface area (Å²) in [4.78, 5) is 29.8. The summed E-state index contributed by atoms with van der Waals surface area (Å²) >= 11 is 0. The first kappa shape index (κ1) is 21.0. The second kappa shape index (κ2) is 8.88. The molecule has 0 bridgehead atoms. The van der Waals surface area contributed by atoms with E-state index in [0.29, 0.717) is 30.3 Å². The van der Waals surface area contributed by atoms with Gasteiger partial charge >= 0.3 is 0 Å². The molecule has 2 aromatic carbocycles. The fourth-order valence-corrected chi connectivity index (χ4v) is 4.58. The van der Waals surface area contributed by atoms with Crippen molar-refractivity contribution in [3.05, 3.63) is 48.0 Å². The molecule has 0 aliphatic carbocycles. The maximum Gasteiger partial charge on any atom is 0.228 e. The van der Waals surface area contributed by atoms with Crippen LogP contribution in [0.1, 0.15) is 30.9 Å². The molecule has 2 heterocycles. The minimum absolute atomic E-state index is 0.0211. The third-order valence-electron chi connectivity index (χ3n) is 6.17. The van der Waals surface area contributed by atoms with Crippen LogP contribution in [0.15, 0.2) is 42.5 Å². The highest BCUT2D eigenvalue weighted by Gasteiger charge is 2.40. The molecule has 31 heavy (non-hydrogen) atoms. The topological polar surface area (TPSA) is 68.3 Å². The van der Waals surface area contributed by atoms with Crippen LogP contribution in [0.5, 0.6) is 17.2 Å². The first-order valence-corrected chi connectivity index (χ1v) is 10.5. The fraction of sp³-hybridized carbons (Fsp3) is 0.417. The van der Waals surface area contributed by atoms with E-state index in [2.05, 4.69) is 0 Å². The van der Waals surface area contributed by atoms with Crippen molar-refractivity contribution >= 4 is 17.5 Å². The number of hydrogen-bond acceptors (Lipinski definition) is 5. The first-order valence-electron chi connectivity index (χ1n) is 10.5. The van der Waals surface area contributed by atoms with Crippen LogP contribution in [0.25, 0.3) is 0 Å². The van der Waals surface area contributed by atoms with Crippen molar-refractivity contribution in [3.8, 4) is 17.2 Å². The van der Waals surface area contributed by atoms with E-state index in [0.717, 1.165) is 24.2 Å². The monoisotopic (exact) mass is 424 g/mol. The number of rotatable bonds is 6. The molecule has 2 atom stereocenters. The van der Waals surface area contributed by atoms with E-state index in [1.54, 1.807) is 38.4 Å². The van der Waals surface area contributed by atoms with Crippen LogP contribution in [0.3, 0.4) is 0 Å². The highest BCUT2D eigenvalue weighted by atomic mass is 16.5. The number of likely N-dealkylation sites (tertiary alicyclic amines) is 1. The molecule has 2 aliphatic rings. The lowest BCUT2D eigenvalue weighted by Crippen LogP contribution is -2.37. The van der Waals surface area contributed by atoms with Gasteiger partial charge in [0.1, 0.15) is 5.75 Å². The molecule has 7 nitrogen and oxygen atoms in total. The summed E-state index contributed by atoms with van der Waals surface area (Å²) in [7, 11) is 4.78. The zero-order valence-electron chi connectivity index (χ0n) is 18.2. The predicted octanol–water partition coefficient (Wildman–Crippen LogP) is 3.43. The van der Waals surface area contributed by atoms with Crippen molar-refractivity contribution in [2.75, 3.05) is 39.3 Å². The number of ether oxygens (including phenoxy) is 3. The van der Waals surface area contributed by atoms with Gasteiger partial charge in [0.2, 0.25) is 11.8 Å². The molecular weight excluding hydrogens is 396 g/mol. The fourth-order valence-electron chi connectivity index (χ4n) is 4.58. The van der Waals surface area contributed by atoms with Crippen molar-refractivity contribution in [2.24, 2.45) is 5.92 Å². The second-order valence-electron chi connectivity index (χ2n) is 7.91. The average molecular weight is 424 g/mol. The average Bonchev–Trinajstić information content (AvgIpc) is 3.45. The van der Waals surface area contributed by atoms with Crippen molar-refractivity contribution in [1.82, 2.24) is 4.90 Å². The van der Waals surface area contributed by atoms with Gasteiger partial charge in [0.15, 0.2) is 11.5 Å². The Labute approximate surface area is 182 Å². The number of methoxy groups -OCH3 is 3. The van der Waals surface area contributed by atoms with Gasteiger partial charge in [-0.3, -0.25) is 9.59 Å².